The molecule has 6 atom stereocenters. The van der Waals surface area contributed by atoms with Crippen molar-refractivity contribution >= 4 is 5.78 Å². The molecule has 3 fully saturated rings. The summed E-state index contributed by atoms with van der Waals surface area (Å²) in [6.45, 7) is 11.5. The first-order chi connectivity index (χ1) is 11.8. The van der Waals surface area contributed by atoms with Gasteiger partial charge in [-0.2, -0.15) is 0 Å². The fraction of sp³-hybridized carbons (Fsp3) is 0.708. The van der Waals surface area contributed by atoms with Gasteiger partial charge in [0.1, 0.15) is 0 Å². The first-order valence-corrected chi connectivity index (χ1v) is 10.4. The van der Waals surface area contributed by atoms with Crippen LogP contribution in [0.2, 0.25) is 0 Å². The van der Waals surface area contributed by atoms with E-state index in [2.05, 4.69) is 39.5 Å². The number of hydrogen-bond donors (Lipinski definition) is 0. The number of hydrogen-bond acceptors (Lipinski definition) is 1. The third kappa shape index (κ3) is 2.30. The van der Waals surface area contributed by atoms with Gasteiger partial charge in [0.05, 0.1) is 0 Å². The summed E-state index contributed by atoms with van der Waals surface area (Å²) in [5.74, 6) is 2.64. The monoisotopic (exact) mass is 338 g/mol. The molecule has 0 radical (unpaired) electrons. The standard InChI is InChI=1S/C24H34O/c1-5-6-12-22(2)13-10-21-19-8-7-17-16-18(25)9-14-23(17,3)20(19)11-15-24(21,22)4/h5,9,14,16,19-21H,1,6-8,10-13,15H2,2-4H3. The van der Waals surface area contributed by atoms with Crippen molar-refractivity contribution in [3.8, 4) is 0 Å². The van der Waals surface area contributed by atoms with E-state index in [1.54, 1.807) is 0 Å². The maximum atomic E-state index is 11.9. The first-order valence-electron chi connectivity index (χ1n) is 10.4. The van der Waals surface area contributed by atoms with Crippen LogP contribution in [-0.4, -0.2) is 5.78 Å². The van der Waals surface area contributed by atoms with Crippen molar-refractivity contribution in [1.29, 1.82) is 0 Å². The summed E-state index contributed by atoms with van der Waals surface area (Å²) in [6.07, 6.45) is 18.5. The van der Waals surface area contributed by atoms with Gasteiger partial charge in [-0.25, -0.2) is 0 Å². The van der Waals surface area contributed by atoms with E-state index in [9.17, 15) is 4.79 Å². The van der Waals surface area contributed by atoms with E-state index in [1.165, 1.54) is 44.1 Å². The van der Waals surface area contributed by atoms with Crippen molar-refractivity contribution in [2.24, 2.45) is 34.0 Å². The van der Waals surface area contributed by atoms with Crippen molar-refractivity contribution in [3.05, 3.63) is 36.5 Å². The Bertz CT molecular complexity index is 655. The summed E-state index contributed by atoms with van der Waals surface area (Å²) in [6, 6.07) is 0. The molecular weight excluding hydrogens is 304 g/mol. The van der Waals surface area contributed by atoms with Gasteiger partial charge in [0, 0.05) is 5.41 Å². The van der Waals surface area contributed by atoms with Crippen LogP contribution in [0.4, 0.5) is 0 Å². The van der Waals surface area contributed by atoms with E-state index in [0.29, 0.717) is 10.8 Å². The zero-order chi connectivity index (χ0) is 17.9. The predicted octanol–water partition coefficient (Wildman–Crippen LogP) is 6.27. The summed E-state index contributed by atoms with van der Waals surface area (Å²) in [5.41, 5.74) is 2.52. The van der Waals surface area contributed by atoms with Crippen LogP contribution >= 0.6 is 0 Å². The molecule has 1 nitrogen and oxygen atoms in total. The van der Waals surface area contributed by atoms with Crippen molar-refractivity contribution in [1.82, 2.24) is 0 Å². The molecule has 0 aromatic heterocycles. The molecule has 0 amide bonds. The van der Waals surface area contributed by atoms with E-state index >= 15 is 0 Å². The first kappa shape index (κ1) is 17.3. The van der Waals surface area contributed by atoms with Gasteiger partial charge in [-0.1, -0.05) is 38.5 Å². The Morgan fingerprint density at radius 3 is 2.68 bits per heavy atom. The number of rotatable bonds is 3. The topological polar surface area (TPSA) is 17.1 Å². The number of allylic oxidation sites excluding steroid dienone is 5. The van der Waals surface area contributed by atoms with Crippen molar-refractivity contribution < 1.29 is 4.79 Å². The highest BCUT2D eigenvalue weighted by Crippen LogP contribution is 2.70. The molecule has 0 aromatic rings. The Balaban J connectivity index is 1.65. The minimum Gasteiger partial charge on any atom is -0.290 e. The minimum atomic E-state index is 0.137. The predicted molar refractivity (Wildman–Crippen MR) is 104 cm³/mol. The molecule has 136 valence electrons. The number of ketones is 1. The van der Waals surface area contributed by atoms with E-state index < -0.39 is 0 Å². The van der Waals surface area contributed by atoms with Gasteiger partial charge in [0.2, 0.25) is 0 Å². The number of fused-ring (bicyclic) bond motifs is 5. The average molecular weight is 339 g/mol. The minimum absolute atomic E-state index is 0.137. The summed E-state index contributed by atoms with van der Waals surface area (Å²) in [5, 5.41) is 0. The fourth-order valence-electron chi connectivity index (χ4n) is 7.39. The quantitative estimate of drug-likeness (QED) is 0.554. The fourth-order valence-corrected chi connectivity index (χ4v) is 7.39. The molecule has 0 aliphatic heterocycles. The van der Waals surface area contributed by atoms with Crippen LogP contribution in [0, 0.1) is 34.0 Å². The summed E-state index contributed by atoms with van der Waals surface area (Å²) in [4.78, 5) is 11.9. The van der Waals surface area contributed by atoms with E-state index in [0.717, 1.165) is 30.6 Å². The molecule has 1 heteroatoms. The molecule has 0 N–H and O–H groups in total. The van der Waals surface area contributed by atoms with Gasteiger partial charge in [0.15, 0.2) is 5.78 Å². The lowest BCUT2D eigenvalue weighted by molar-refractivity contribution is -0.111. The maximum absolute atomic E-state index is 11.9. The second-order valence-electron chi connectivity index (χ2n) is 9.99. The zero-order valence-corrected chi connectivity index (χ0v) is 16.3. The van der Waals surface area contributed by atoms with Crippen molar-refractivity contribution in [2.45, 2.75) is 72.1 Å². The van der Waals surface area contributed by atoms with Gasteiger partial charge >= 0.3 is 0 Å². The molecule has 4 aliphatic carbocycles. The lowest BCUT2D eigenvalue weighted by Crippen LogP contribution is -2.51. The Kier molecular flexibility index (Phi) is 3.94. The van der Waals surface area contributed by atoms with E-state index in [4.69, 9.17) is 0 Å². The zero-order valence-electron chi connectivity index (χ0n) is 16.3. The van der Waals surface area contributed by atoms with Crippen LogP contribution in [0.5, 0.6) is 0 Å². The smallest absolute Gasteiger partial charge is 0.178 e. The molecule has 0 heterocycles. The molecule has 0 spiro atoms. The normalized spacial score (nSPS) is 48.4. The molecule has 0 bridgehead atoms. The lowest BCUT2D eigenvalue weighted by Gasteiger charge is -2.59. The van der Waals surface area contributed by atoms with E-state index in [1.807, 2.05) is 12.2 Å². The maximum Gasteiger partial charge on any atom is 0.178 e. The summed E-state index contributed by atoms with van der Waals surface area (Å²) in [7, 11) is 0. The van der Waals surface area contributed by atoms with Crippen LogP contribution in [0.15, 0.2) is 36.5 Å². The molecular formula is C24H34O. The van der Waals surface area contributed by atoms with Gasteiger partial charge in [-0.15, -0.1) is 6.58 Å². The van der Waals surface area contributed by atoms with Gasteiger partial charge in [-0.05, 0) is 92.1 Å². The second-order valence-corrected chi connectivity index (χ2v) is 9.99. The third-order valence-corrected chi connectivity index (χ3v) is 9.23. The second kappa shape index (κ2) is 5.69. The Morgan fingerprint density at radius 1 is 1.16 bits per heavy atom. The third-order valence-electron chi connectivity index (χ3n) is 9.23. The largest absolute Gasteiger partial charge is 0.290 e. The molecule has 0 saturated heterocycles. The van der Waals surface area contributed by atoms with Gasteiger partial charge in [-0.3, -0.25) is 4.79 Å². The summed E-state index contributed by atoms with van der Waals surface area (Å²) < 4.78 is 0. The van der Waals surface area contributed by atoms with Crippen molar-refractivity contribution in [2.75, 3.05) is 0 Å². The van der Waals surface area contributed by atoms with Crippen LogP contribution in [0.1, 0.15) is 72.1 Å². The Morgan fingerprint density at radius 2 is 1.92 bits per heavy atom. The molecule has 25 heavy (non-hydrogen) atoms. The highest BCUT2D eigenvalue weighted by molar-refractivity contribution is 6.01. The van der Waals surface area contributed by atoms with Gasteiger partial charge < -0.3 is 0 Å². The molecule has 4 aliphatic rings. The molecule has 6 unspecified atom stereocenters. The molecule has 3 saturated carbocycles. The average Bonchev–Trinajstić information content (AvgIpc) is 2.85. The Labute approximate surface area is 153 Å². The highest BCUT2D eigenvalue weighted by Gasteiger charge is 2.61. The molecule has 0 aromatic carbocycles. The SMILES string of the molecule is C=CCCC1(C)CCC2C3CCC4=CC(=O)C=CC4(C)C3CCC21C. The number of carbonyl (C=O) groups excluding carboxylic acids is 1. The van der Waals surface area contributed by atoms with Crippen LogP contribution in [0.25, 0.3) is 0 Å². The van der Waals surface area contributed by atoms with Crippen LogP contribution < -0.4 is 0 Å². The van der Waals surface area contributed by atoms with Gasteiger partial charge in [0.25, 0.3) is 0 Å². The summed E-state index contributed by atoms with van der Waals surface area (Å²) >= 11 is 0. The highest BCUT2D eigenvalue weighted by atomic mass is 16.1. The van der Waals surface area contributed by atoms with Crippen molar-refractivity contribution in [3.63, 3.8) is 0 Å². The van der Waals surface area contributed by atoms with Crippen LogP contribution in [-0.2, 0) is 4.79 Å². The van der Waals surface area contributed by atoms with Crippen LogP contribution in [0.3, 0.4) is 0 Å². The Hall–Kier alpha value is -1.11. The molecule has 4 rings (SSSR count). The lowest BCUT2D eigenvalue weighted by atomic mass is 9.46. The van der Waals surface area contributed by atoms with E-state index in [-0.39, 0.29) is 11.2 Å². The number of carbonyl (C=O) groups is 1.